The van der Waals surface area contributed by atoms with Crippen LogP contribution in [0.1, 0.15) is 39.7 Å². The number of benzene rings is 1. The highest BCUT2D eigenvalue weighted by Gasteiger charge is 2.25. The van der Waals surface area contributed by atoms with Crippen molar-refractivity contribution in [2.75, 3.05) is 6.54 Å². The molecule has 2 N–H and O–H groups in total. The van der Waals surface area contributed by atoms with Crippen molar-refractivity contribution in [3.8, 4) is 5.75 Å². The number of rotatable bonds is 8. The van der Waals surface area contributed by atoms with Crippen LogP contribution in [-0.4, -0.2) is 23.7 Å². The van der Waals surface area contributed by atoms with Crippen molar-refractivity contribution in [3.63, 3.8) is 0 Å². The summed E-state index contributed by atoms with van der Waals surface area (Å²) < 4.78 is 5.64. The van der Waals surface area contributed by atoms with Crippen LogP contribution < -0.4 is 10.1 Å². The van der Waals surface area contributed by atoms with Crippen LogP contribution in [-0.2, 0) is 11.3 Å². The zero-order valence-electron chi connectivity index (χ0n) is 12.8. The Hall–Kier alpha value is -1.55. The number of hydrogen-bond acceptors (Lipinski definition) is 3. The Bertz CT molecular complexity index is 441. The van der Waals surface area contributed by atoms with Crippen LogP contribution in [0.2, 0.25) is 0 Å². The molecule has 1 rings (SSSR count). The molecule has 0 bridgehead atoms. The van der Waals surface area contributed by atoms with Crippen LogP contribution in [0.3, 0.4) is 0 Å². The van der Waals surface area contributed by atoms with Gasteiger partial charge in [-0.1, -0.05) is 12.1 Å². The van der Waals surface area contributed by atoms with Gasteiger partial charge in [-0.3, -0.25) is 4.79 Å². The third kappa shape index (κ3) is 5.61. The van der Waals surface area contributed by atoms with Crippen LogP contribution in [0, 0.1) is 5.41 Å². The molecule has 0 aliphatic heterocycles. The maximum absolute atomic E-state index is 11.0. The van der Waals surface area contributed by atoms with Gasteiger partial charge in [-0.05, 0) is 58.4 Å². The second-order valence-electron chi connectivity index (χ2n) is 5.93. The van der Waals surface area contributed by atoms with E-state index in [0.29, 0.717) is 19.5 Å². The van der Waals surface area contributed by atoms with Gasteiger partial charge in [0.2, 0.25) is 0 Å². The van der Waals surface area contributed by atoms with Crippen molar-refractivity contribution in [1.82, 2.24) is 5.32 Å². The van der Waals surface area contributed by atoms with E-state index < -0.39 is 11.4 Å². The van der Waals surface area contributed by atoms with Gasteiger partial charge >= 0.3 is 5.97 Å². The van der Waals surface area contributed by atoms with Gasteiger partial charge in [-0.25, -0.2) is 0 Å². The predicted octanol–water partition coefficient (Wildman–Crippen LogP) is 3.06. The first-order valence-electron chi connectivity index (χ1n) is 7.01. The second kappa shape index (κ2) is 7.29. The Morgan fingerprint density at radius 1 is 1.40 bits per heavy atom. The molecule has 0 atom stereocenters. The van der Waals surface area contributed by atoms with E-state index in [1.54, 1.807) is 13.8 Å². The molecular weight excluding hydrogens is 254 g/mol. The van der Waals surface area contributed by atoms with Crippen molar-refractivity contribution < 1.29 is 14.6 Å². The average Bonchev–Trinajstić information content (AvgIpc) is 2.34. The van der Waals surface area contributed by atoms with Gasteiger partial charge in [-0.15, -0.1) is 0 Å². The third-order valence-electron chi connectivity index (χ3n) is 3.11. The summed E-state index contributed by atoms with van der Waals surface area (Å²) in [4.78, 5) is 11.0. The first kappa shape index (κ1) is 16.5. The fourth-order valence-corrected chi connectivity index (χ4v) is 1.74. The third-order valence-corrected chi connectivity index (χ3v) is 3.11. The molecule has 0 fully saturated rings. The van der Waals surface area contributed by atoms with Crippen LogP contribution in [0.4, 0.5) is 0 Å². The van der Waals surface area contributed by atoms with E-state index in [0.717, 1.165) is 11.3 Å². The van der Waals surface area contributed by atoms with Gasteiger partial charge < -0.3 is 15.2 Å². The van der Waals surface area contributed by atoms with E-state index in [1.807, 2.05) is 38.1 Å². The summed E-state index contributed by atoms with van der Waals surface area (Å²) in [6.07, 6.45) is 0.763. The summed E-state index contributed by atoms with van der Waals surface area (Å²) in [5, 5.41) is 12.3. The Morgan fingerprint density at radius 3 is 2.70 bits per heavy atom. The van der Waals surface area contributed by atoms with E-state index in [2.05, 4.69) is 5.32 Å². The van der Waals surface area contributed by atoms with E-state index in [-0.39, 0.29) is 6.10 Å². The van der Waals surface area contributed by atoms with E-state index in [1.165, 1.54) is 0 Å². The average molecular weight is 279 g/mol. The minimum atomic E-state index is -0.758. The summed E-state index contributed by atoms with van der Waals surface area (Å²) in [5.74, 6) is 0.108. The van der Waals surface area contributed by atoms with Gasteiger partial charge in [0.25, 0.3) is 0 Å². The van der Waals surface area contributed by atoms with Crippen molar-refractivity contribution in [3.05, 3.63) is 29.8 Å². The number of nitrogens with one attached hydrogen (secondary N) is 1. The molecule has 112 valence electrons. The maximum Gasteiger partial charge on any atom is 0.309 e. The minimum absolute atomic E-state index is 0.162. The summed E-state index contributed by atoms with van der Waals surface area (Å²) in [6.45, 7) is 8.87. The van der Waals surface area contributed by atoms with Crippen LogP contribution in [0.25, 0.3) is 0 Å². The molecular formula is C16H25NO3. The van der Waals surface area contributed by atoms with Gasteiger partial charge in [0.1, 0.15) is 5.75 Å². The van der Waals surface area contributed by atoms with Crippen LogP contribution in [0.15, 0.2) is 24.3 Å². The topological polar surface area (TPSA) is 58.6 Å². The summed E-state index contributed by atoms with van der Waals surface area (Å²) in [7, 11) is 0. The van der Waals surface area contributed by atoms with Crippen molar-refractivity contribution >= 4 is 5.97 Å². The quantitative estimate of drug-likeness (QED) is 0.718. The Balaban J connectivity index is 2.41. The monoisotopic (exact) mass is 279 g/mol. The molecule has 0 saturated heterocycles. The normalized spacial score (nSPS) is 11.7. The van der Waals surface area contributed by atoms with Gasteiger partial charge in [0.15, 0.2) is 0 Å². The molecule has 4 nitrogen and oxygen atoms in total. The highest BCUT2D eigenvalue weighted by atomic mass is 16.5. The molecule has 0 saturated carbocycles. The lowest BCUT2D eigenvalue weighted by molar-refractivity contribution is -0.147. The smallest absolute Gasteiger partial charge is 0.309 e. The summed E-state index contributed by atoms with van der Waals surface area (Å²) >= 11 is 0. The molecule has 4 heteroatoms. The van der Waals surface area contributed by atoms with Gasteiger partial charge in [0, 0.05) is 6.54 Å². The fourth-order valence-electron chi connectivity index (χ4n) is 1.74. The molecule has 0 unspecified atom stereocenters. The Labute approximate surface area is 121 Å². The van der Waals surface area contributed by atoms with Gasteiger partial charge in [0.05, 0.1) is 11.5 Å². The lowest BCUT2D eigenvalue weighted by Crippen LogP contribution is -2.28. The van der Waals surface area contributed by atoms with E-state index >= 15 is 0 Å². The number of ether oxygens (including phenoxy) is 1. The first-order valence-corrected chi connectivity index (χ1v) is 7.01. The molecule has 20 heavy (non-hydrogen) atoms. The molecule has 0 aromatic heterocycles. The number of hydrogen-bond donors (Lipinski definition) is 2. The lowest BCUT2D eigenvalue weighted by atomic mass is 9.90. The maximum atomic E-state index is 11.0. The number of carbonyl (C=O) groups is 1. The number of carboxylic acids is 1. The molecule has 0 heterocycles. The standard InChI is InChI=1S/C16H25NO3/c1-12(2)20-14-7-5-6-13(10-14)11-17-9-8-16(3,4)15(18)19/h5-7,10,12,17H,8-9,11H2,1-4H3,(H,18,19). The van der Waals surface area contributed by atoms with Crippen molar-refractivity contribution in [2.24, 2.45) is 5.41 Å². The minimum Gasteiger partial charge on any atom is -0.491 e. The summed E-state index contributed by atoms with van der Waals surface area (Å²) in [5.41, 5.74) is 0.451. The predicted molar refractivity (Wildman–Crippen MR) is 79.9 cm³/mol. The fraction of sp³-hybridized carbons (Fsp3) is 0.562. The van der Waals surface area contributed by atoms with Crippen molar-refractivity contribution in [2.45, 2.75) is 46.8 Å². The zero-order chi connectivity index (χ0) is 15.2. The first-order chi connectivity index (χ1) is 9.31. The molecule has 0 radical (unpaired) electrons. The van der Waals surface area contributed by atoms with Crippen LogP contribution in [0.5, 0.6) is 5.75 Å². The highest BCUT2D eigenvalue weighted by Crippen LogP contribution is 2.19. The van der Waals surface area contributed by atoms with E-state index in [4.69, 9.17) is 9.84 Å². The largest absolute Gasteiger partial charge is 0.491 e. The molecule has 1 aromatic rings. The second-order valence-corrected chi connectivity index (χ2v) is 5.93. The molecule has 0 spiro atoms. The van der Waals surface area contributed by atoms with Crippen molar-refractivity contribution in [1.29, 1.82) is 0 Å². The highest BCUT2D eigenvalue weighted by molar-refractivity contribution is 5.73. The number of aliphatic carboxylic acids is 1. The number of carboxylic acid groups (broad SMARTS) is 1. The van der Waals surface area contributed by atoms with E-state index in [9.17, 15) is 4.79 Å². The molecule has 1 aromatic carbocycles. The van der Waals surface area contributed by atoms with Gasteiger partial charge in [-0.2, -0.15) is 0 Å². The lowest BCUT2D eigenvalue weighted by Gasteiger charge is -2.19. The Morgan fingerprint density at radius 2 is 2.10 bits per heavy atom. The Kier molecular flexibility index (Phi) is 6.02. The SMILES string of the molecule is CC(C)Oc1cccc(CNCCC(C)(C)C(=O)O)c1. The zero-order valence-corrected chi connectivity index (χ0v) is 12.8. The van der Waals surface area contributed by atoms with Crippen LogP contribution >= 0.6 is 0 Å². The molecule has 0 aliphatic rings. The summed E-state index contributed by atoms with van der Waals surface area (Å²) in [6, 6.07) is 7.95. The molecule has 0 amide bonds. The molecule has 0 aliphatic carbocycles.